The molecular weight excluding hydrogens is 562 g/mol. The Morgan fingerprint density at radius 3 is 2.40 bits per heavy atom. The number of carbonyl (C=O) groups excluding carboxylic acids is 3. The number of unbranched alkanes of at least 4 members (excludes halogenated alkanes) is 1. The first-order valence-electron chi connectivity index (χ1n) is 15.5. The zero-order chi connectivity index (χ0) is 31.4. The Hall–Kier alpha value is -3.19. The Kier molecular flexibility index (Phi) is 10.4. The normalized spacial score (nSPS) is 21.1. The highest BCUT2D eigenvalue weighted by Crippen LogP contribution is 2.50. The van der Waals surface area contributed by atoms with Crippen molar-refractivity contribution in [3.05, 3.63) is 69.7 Å². The zero-order valence-corrected chi connectivity index (χ0v) is 27.2. The third kappa shape index (κ3) is 7.49. The molecule has 2 aromatic rings. The topological polar surface area (TPSA) is 88.1 Å². The summed E-state index contributed by atoms with van der Waals surface area (Å²) in [5, 5.41) is 3.37. The Labute approximate surface area is 261 Å². The average Bonchev–Trinajstić information content (AvgIpc) is 3.23. The molecule has 0 radical (unpaired) electrons. The fraction of sp³-hybridized carbons (Fsp3) is 0.543. The summed E-state index contributed by atoms with van der Waals surface area (Å²) in [4.78, 5) is 46.0. The largest absolute Gasteiger partial charge is 0.469 e. The highest BCUT2D eigenvalue weighted by Gasteiger charge is 2.52. The molecule has 0 saturated heterocycles. The summed E-state index contributed by atoms with van der Waals surface area (Å²) in [6.07, 6.45) is 6.50. The number of rotatable bonds is 10. The van der Waals surface area contributed by atoms with E-state index in [2.05, 4.69) is 42.6 Å². The predicted molar refractivity (Wildman–Crippen MR) is 171 cm³/mol. The number of esters is 1. The Morgan fingerprint density at radius 1 is 1.14 bits per heavy atom. The van der Waals surface area contributed by atoms with Gasteiger partial charge in [0, 0.05) is 22.7 Å². The van der Waals surface area contributed by atoms with E-state index in [1.165, 1.54) is 7.11 Å². The summed E-state index contributed by atoms with van der Waals surface area (Å²) >= 11 is 6.45. The molecule has 1 atom stereocenters. The second kappa shape index (κ2) is 13.6. The van der Waals surface area contributed by atoms with Crippen molar-refractivity contribution in [1.29, 1.82) is 0 Å². The molecule has 1 aliphatic heterocycles. The van der Waals surface area contributed by atoms with Gasteiger partial charge in [-0.3, -0.25) is 19.4 Å². The highest BCUT2D eigenvalue weighted by atomic mass is 35.5. The summed E-state index contributed by atoms with van der Waals surface area (Å²) in [7, 11) is 1.33. The van der Waals surface area contributed by atoms with Crippen LogP contribution in [0.25, 0.3) is 0 Å². The number of aliphatic imine (C=N–C) groups is 1. The molecule has 1 aliphatic carbocycles. The Bertz CT molecular complexity index is 1330. The smallest absolute Gasteiger partial charge is 0.307 e. The second-order valence-corrected chi connectivity index (χ2v) is 13.6. The van der Waals surface area contributed by atoms with Crippen molar-refractivity contribution in [2.24, 2.45) is 16.3 Å². The molecule has 232 valence electrons. The first-order chi connectivity index (χ1) is 20.4. The third-order valence-electron chi connectivity index (χ3n) is 9.06. The minimum Gasteiger partial charge on any atom is -0.469 e. The van der Waals surface area contributed by atoms with Gasteiger partial charge in [0.1, 0.15) is 11.4 Å². The minimum atomic E-state index is -0.618. The monoisotopic (exact) mass is 607 g/mol. The maximum absolute atomic E-state index is 14.5. The van der Waals surface area contributed by atoms with Gasteiger partial charge in [-0.25, -0.2) is 0 Å². The fourth-order valence-corrected chi connectivity index (χ4v) is 6.88. The van der Waals surface area contributed by atoms with E-state index in [9.17, 15) is 14.4 Å². The number of hydrogen-bond donors (Lipinski definition) is 1. The molecule has 0 unspecified atom stereocenters. The molecule has 1 spiro atoms. The number of ether oxygens (including phenoxy) is 1. The van der Waals surface area contributed by atoms with Gasteiger partial charge < -0.3 is 15.0 Å². The molecule has 2 aliphatic rings. The van der Waals surface area contributed by atoms with Gasteiger partial charge in [-0.1, -0.05) is 64.3 Å². The van der Waals surface area contributed by atoms with Crippen molar-refractivity contribution in [3.63, 3.8) is 0 Å². The summed E-state index contributed by atoms with van der Waals surface area (Å²) in [5.41, 5.74) is 3.31. The predicted octanol–water partition coefficient (Wildman–Crippen LogP) is 7.44. The van der Waals surface area contributed by atoms with Gasteiger partial charge in [-0.15, -0.1) is 0 Å². The molecule has 1 heterocycles. The number of benzene rings is 2. The molecule has 2 aromatic carbocycles. The van der Waals surface area contributed by atoms with E-state index in [1.54, 1.807) is 12.1 Å². The van der Waals surface area contributed by atoms with Gasteiger partial charge in [0.2, 0.25) is 0 Å². The van der Waals surface area contributed by atoms with E-state index in [1.807, 2.05) is 37.3 Å². The third-order valence-corrected chi connectivity index (χ3v) is 9.28. The van der Waals surface area contributed by atoms with Gasteiger partial charge in [0.25, 0.3) is 11.8 Å². The number of amides is 2. The SMILES string of the molecule is CCCC[C@H](c1ccc(C(=O)NCCC(=O)OC)cc1)N1C(=O)C(c2cc(C)cc(Cl)c2)=NC12CCC(C(C)(C)C)CC2. The van der Waals surface area contributed by atoms with Gasteiger partial charge in [-0.05, 0) is 91.8 Å². The minimum absolute atomic E-state index is 0.0541. The van der Waals surface area contributed by atoms with Gasteiger partial charge >= 0.3 is 5.97 Å². The maximum Gasteiger partial charge on any atom is 0.307 e. The van der Waals surface area contributed by atoms with Crippen LogP contribution in [0, 0.1) is 18.3 Å². The number of nitrogens with zero attached hydrogens (tertiary/aromatic N) is 2. The lowest BCUT2D eigenvalue weighted by Crippen LogP contribution is -2.51. The van der Waals surface area contributed by atoms with Gasteiger partial charge in [-0.2, -0.15) is 0 Å². The fourth-order valence-electron chi connectivity index (χ4n) is 6.59. The number of hydrogen-bond acceptors (Lipinski definition) is 5. The van der Waals surface area contributed by atoms with E-state index in [4.69, 9.17) is 16.6 Å². The standard InChI is InChI=1S/C35H46ClN3O4/c1-7-8-9-29(24-10-12-25(13-11-24)32(41)37-19-16-30(40)43-6)39-33(42)31(26-20-23(2)21-28(36)22-26)38-35(39)17-14-27(15-18-35)34(3,4)5/h10-13,20-22,27,29H,7-9,14-19H2,1-6H3,(H,37,41)/t27?,29-,35?/m1/s1. The van der Waals surface area contributed by atoms with Crippen LogP contribution in [-0.2, 0) is 14.3 Å². The van der Waals surface area contributed by atoms with Crippen molar-refractivity contribution >= 4 is 35.1 Å². The summed E-state index contributed by atoms with van der Waals surface area (Å²) < 4.78 is 4.65. The van der Waals surface area contributed by atoms with Crippen LogP contribution in [0.5, 0.6) is 0 Å². The lowest BCUT2D eigenvalue weighted by molar-refractivity contribution is -0.140. The van der Waals surface area contributed by atoms with Crippen LogP contribution in [0.2, 0.25) is 5.02 Å². The first kappa shape index (κ1) is 32.7. The molecule has 8 heteroatoms. The van der Waals surface area contributed by atoms with Crippen molar-refractivity contribution in [2.45, 2.75) is 97.7 Å². The molecule has 0 bridgehead atoms. The lowest BCUT2D eigenvalue weighted by atomic mass is 9.69. The van der Waals surface area contributed by atoms with E-state index in [0.29, 0.717) is 22.2 Å². The van der Waals surface area contributed by atoms with E-state index in [0.717, 1.165) is 61.6 Å². The molecule has 4 rings (SSSR count). The van der Waals surface area contributed by atoms with Gasteiger partial charge in [0.15, 0.2) is 0 Å². The van der Waals surface area contributed by atoms with E-state index >= 15 is 0 Å². The second-order valence-electron chi connectivity index (χ2n) is 13.1. The molecule has 1 saturated carbocycles. The number of halogens is 1. The van der Waals surface area contributed by atoms with Crippen molar-refractivity contribution in [2.75, 3.05) is 13.7 Å². The van der Waals surface area contributed by atoms with Crippen LogP contribution in [0.1, 0.15) is 112 Å². The molecule has 1 fully saturated rings. The number of nitrogens with one attached hydrogen (secondary N) is 1. The van der Waals surface area contributed by atoms with Crippen LogP contribution in [0.4, 0.5) is 0 Å². The van der Waals surface area contributed by atoms with Crippen LogP contribution >= 0.6 is 11.6 Å². The molecule has 1 N–H and O–H groups in total. The highest BCUT2D eigenvalue weighted by molar-refractivity contribution is 6.47. The average molecular weight is 608 g/mol. The van der Waals surface area contributed by atoms with Crippen LogP contribution < -0.4 is 5.32 Å². The van der Waals surface area contributed by atoms with E-state index < -0.39 is 5.66 Å². The van der Waals surface area contributed by atoms with Crippen molar-refractivity contribution in [3.8, 4) is 0 Å². The Morgan fingerprint density at radius 2 is 1.81 bits per heavy atom. The lowest BCUT2D eigenvalue weighted by Gasteiger charge is -2.47. The van der Waals surface area contributed by atoms with Crippen molar-refractivity contribution in [1.82, 2.24) is 10.2 Å². The van der Waals surface area contributed by atoms with Crippen LogP contribution in [0.15, 0.2) is 47.5 Å². The Balaban J connectivity index is 1.68. The summed E-state index contributed by atoms with van der Waals surface area (Å²) in [6.45, 7) is 11.2. The van der Waals surface area contributed by atoms with Gasteiger partial charge in [0.05, 0.1) is 19.6 Å². The quantitative estimate of drug-likeness (QED) is 0.284. The molecule has 0 aromatic heterocycles. The number of aryl methyl sites for hydroxylation is 1. The van der Waals surface area contributed by atoms with Crippen molar-refractivity contribution < 1.29 is 19.1 Å². The number of methoxy groups -OCH3 is 1. The summed E-state index contributed by atoms with van der Waals surface area (Å²) in [5.74, 6) is -0.114. The van der Waals surface area contributed by atoms with E-state index in [-0.39, 0.29) is 42.2 Å². The maximum atomic E-state index is 14.5. The summed E-state index contributed by atoms with van der Waals surface area (Å²) in [6, 6.07) is 13.1. The molecular formula is C35H46ClN3O4. The first-order valence-corrected chi connectivity index (χ1v) is 15.9. The van der Waals surface area contributed by atoms with Crippen LogP contribution in [0.3, 0.4) is 0 Å². The molecule has 2 amide bonds. The molecule has 7 nitrogen and oxygen atoms in total. The molecule has 43 heavy (non-hydrogen) atoms. The zero-order valence-electron chi connectivity index (χ0n) is 26.5. The van der Waals surface area contributed by atoms with Crippen LogP contribution in [-0.4, -0.2) is 47.7 Å². The number of carbonyl (C=O) groups is 3.